The zero-order valence-electron chi connectivity index (χ0n) is 8.24. The number of carbonyl (C=O) groups is 1. The molecule has 2 aromatic rings. The second kappa shape index (κ2) is 4.61. The van der Waals surface area contributed by atoms with Gasteiger partial charge in [-0.05, 0) is 39.7 Å². The number of Topliss-reactive ketones (excluding diaryl/α,β-unsaturated/α-hetero) is 1. The van der Waals surface area contributed by atoms with Crippen LogP contribution in [-0.2, 0) is 6.42 Å². The van der Waals surface area contributed by atoms with Crippen molar-refractivity contribution in [1.82, 2.24) is 0 Å². The second-order valence-corrected chi connectivity index (χ2v) is 4.06. The molecule has 1 heterocycles. The van der Waals surface area contributed by atoms with Crippen molar-refractivity contribution < 1.29 is 13.6 Å². The first-order valence-electron chi connectivity index (χ1n) is 4.67. The van der Waals surface area contributed by atoms with Gasteiger partial charge in [0.25, 0.3) is 0 Å². The van der Waals surface area contributed by atoms with E-state index in [9.17, 15) is 9.18 Å². The van der Waals surface area contributed by atoms with E-state index in [1.165, 1.54) is 18.4 Å². The SMILES string of the molecule is O=C(Cc1cccc(F)c1)c1ccoc1Br. The molecule has 0 unspecified atom stereocenters. The van der Waals surface area contributed by atoms with Crippen LogP contribution >= 0.6 is 15.9 Å². The second-order valence-electron chi connectivity index (χ2n) is 3.34. The fourth-order valence-electron chi connectivity index (χ4n) is 1.42. The van der Waals surface area contributed by atoms with Crippen LogP contribution in [0.4, 0.5) is 4.39 Å². The number of hydrogen-bond donors (Lipinski definition) is 0. The molecule has 82 valence electrons. The van der Waals surface area contributed by atoms with Gasteiger partial charge < -0.3 is 4.42 Å². The number of furan rings is 1. The third-order valence-corrected chi connectivity index (χ3v) is 2.79. The Kier molecular flexibility index (Phi) is 3.19. The van der Waals surface area contributed by atoms with E-state index in [1.54, 1.807) is 18.2 Å². The molecule has 0 aliphatic heterocycles. The Labute approximate surface area is 100 Å². The Hall–Kier alpha value is -1.42. The molecule has 0 radical (unpaired) electrons. The standard InChI is InChI=1S/C12H8BrFO2/c13-12-10(4-5-16-12)11(15)7-8-2-1-3-9(14)6-8/h1-6H,7H2. The fourth-order valence-corrected chi connectivity index (χ4v) is 1.88. The summed E-state index contributed by atoms with van der Waals surface area (Å²) < 4.78 is 18.3. The van der Waals surface area contributed by atoms with E-state index in [2.05, 4.69) is 15.9 Å². The van der Waals surface area contributed by atoms with Gasteiger partial charge >= 0.3 is 0 Å². The molecule has 0 bridgehead atoms. The van der Waals surface area contributed by atoms with Crippen LogP contribution in [0.5, 0.6) is 0 Å². The summed E-state index contributed by atoms with van der Waals surface area (Å²) in [6.45, 7) is 0. The molecule has 1 aromatic carbocycles. The third-order valence-electron chi connectivity index (χ3n) is 2.17. The van der Waals surface area contributed by atoms with Crippen molar-refractivity contribution in [2.75, 3.05) is 0 Å². The molecular weight excluding hydrogens is 275 g/mol. The number of carbonyl (C=O) groups excluding carboxylic acids is 1. The minimum atomic E-state index is -0.337. The number of halogens is 2. The van der Waals surface area contributed by atoms with Crippen LogP contribution in [0.15, 0.2) is 45.7 Å². The summed E-state index contributed by atoms with van der Waals surface area (Å²) in [5.74, 6) is -0.442. The number of benzene rings is 1. The number of rotatable bonds is 3. The highest BCUT2D eigenvalue weighted by molar-refractivity contribution is 9.10. The van der Waals surface area contributed by atoms with Gasteiger partial charge in [0.05, 0.1) is 11.8 Å². The van der Waals surface area contributed by atoms with Crippen LogP contribution in [-0.4, -0.2) is 5.78 Å². The normalized spacial score (nSPS) is 10.4. The lowest BCUT2D eigenvalue weighted by molar-refractivity contribution is 0.0991. The van der Waals surface area contributed by atoms with Crippen LogP contribution in [0.1, 0.15) is 15.9 Å². The maximum atomic E-state index is 12.9. The number of hydrogen-bond acceptors (Lipinski definition) is 2. The lowest BCUT2D eigenvalue weighted by Crippen LogP contribution is -2.03. The van der Waals surface area contributed by atoms with E-state index < -0.39 is 0 Å². The van der Waals surface area contributed by atoms with Gasteiger partial charge in [0.1, 0.15) is 5.82 Å². The molecule has 16 heavy (non-hydrogen) atoms. The highest BCUT2D eigenvalue weighted by atomic mass is 79.9. The minimum absolute atomic E-state index is 0.105. The van der Waals surface area contributed by atoms with Crippen molar-refractivity contribution in [2.24, 2.45) is 0 Å². The van der Waals surface area contributed by atoms with Crippen molar-refractivity contribution in [1.29, 1.82) is 0 Å². The lowest BCUT2D eigenvalue weighted by atomic mass is 10.1. The summed E-state index contributed by atoms with van der Waals surface area (Å²) in [7, 11) is 0. The molecule has 2 nitrogen and oxygen atoms in total. The first-order chi connectivity index (χ1) is 7.66. The molecule has 0 N–H and O–H groups in total. The molecule has 0 spiro atoms. The summed E-state index contributed by atoms with van der Waals surface area (Å²) in [5.41, 5.74) is 1.13. The van der Waals surface area contributed by atoms with Gasteiger partial charge in [0.15, 0.2) is 10.5 Å². The third kappa shape index (κ3) is 2.39. The quantitative estimate of drug-likeness (QED) is 0.805. The molecule has 0 fully saturated rings. The van der Waals surface area contributed by atoms with E-state index in [1.807, 2.05) is 0 Å². The van der Waals surface area contributed by atoms with Gasteiger partial charge in [-0.15, -0.1) is 0 Å². The van der Waals surface area contributed by atoms with Crippen LogP contribution in [0.3, 0.4) is 0 Å². The Morgan fingerprint density at radius 3 is 2.81 bits per heavy atom. The highest BCUT2D eigenvalue weighted by Crippen LogP contribution is 2.19. The summed E-state index contributed by atoms with van der Waals surface area (Å²) in [6, 6.07) is 7.59. The monoisotopic (exact) mass is 282 g/mol. The van der Waals surface area contributed by atoms with E-state index in [0.29, 0.717) is 15.8 Å². The smallest absolute Gasteiger partial charge is 0.179 e. The number of ketones is 1. The van der Waals surface area contributed by atoms with Crippen molar-refractivity contribution in [3.63, 3.8) is 0 Å². The van der Waals surface area contributed by atoms with Gasteiger partial charge in [0.2, 0.25) is 0 Å². The molecular formula is C12H8BrFO2. The molecule has 0 saturated carbocycles. The predicted octanol–water partition coefficient (Wildman–Crippen LogP) is 3.61. The molecule has 2 rings (SSSR count). The van der Waals surface area contributed by atoms with E-state index in [4.69, 9.17) is 4.42 Å². The average molecular weight is 283 g/mol. The van der Waals surface area contributed by atoms with Gasteiger partial charge in [0, 0.05) is 6.42 Å². The predicted molar refractivity (Wildman–Crippen MR) is 60.8 cm³/mol. The lowest BCUT2D eigenvalue weighted by Gasteiger charge is -1.99. The average Bonchev–Trinajstić information content (AvgIpc) is 2.64. The summed E-state index contributed by atoms with van der Waals surface area (Å²) >= 11 is 3.13. The van der Waals surface area contributed by atoms with Crippen LogP contribution < -0.4 is 0 Å². The molecule has 0 amide bonds. The Bertz CT molecular complexity index is 519. The maximum Gasteiger partial charge on any atom is 0.179 e. The van der Waals surface area contributed by atoms with Crippen LogP contribution in [0, 0.1) is 5.82 Å². The van der Waals surface area contributed by atoms with Gasteiger partial charge in [-0.3, -0.25) is 4.79 Å². The van der Waals surface area contributed by atoms with E-state index in [-0.39, 0.29) is 18.0 Å². The minimum Gasteiger partial charge on any atom is -0.457 e. The molecule has 0 aliphatic rings. The Balaban J connectivity index is 2.17. The van der Waals surface area contributed by atoms with Crippen molar-refractivity contribution in [3.8, 4) is 0 Å². The van der Waals surface area contributed by atoms with E-state index in [0.717, 1.165) is 0 Å². The molecule has 0 saturated heterocycles. The summed E-state index contributed by atoms with van der Waals surface area (Å²) in [5, 5.41) is 0. The molecule has 0 aliphatic carbocycles. The zero-order chi connectivity index (χ0) is 11.5. The van der Waals surface area contributed by atoms with Gasteiger partial charge in [-0.25, -0.2) is 4.39 Å². The maximum absolute atomic E-state index is 12.9. The van der Waals surface area contributed by atoms with Gasteiger partial charge in [-0.2, -0.15) is 0 Å². The van der Waals surface area contributed by atoms with Crippen molar-refractivity contribution in [2.45, 2.75) is 6.42 Å². The Morgan fingerprint density at radius 2 is 2.19 bits per heavy atom. The zero-order valence-corrected chi connectivity index (χ0v) is 9.83. The first-order valence-corrected chi connectivity index (χ1v) is 5.47. The van der Waals surface area contributed by atoms with Gasteiger partial charge in [-0.1, -0.05) is 12.1 Å². The Morgan fingerprint density at radius 1 is 1.38 bits per heavy atom. The fraction of sp³-hybridized carbons (Fsp3) is 0.0833. The summed E-state index contributed by atoms with van der Waals surface area (Å²) in [6.07, 6.45) is 1.60. The van der Waals surface area contributed by atoms with Crippen LogP contribution in [0.2, 0.25) is 0 Å². The topological polar surface area (TPSA) is 30.2 Å². The van der Waals surface area contributed by atoms with Crippen LogP contribution in [0.25, 0.3) is 0 Å². The highest BCUT2D eigenvalue weighted by Gasteiger charge is 2.13. The first kappa shape index (κ1) is 11.1. The molecule has 4 heteroatoms. The largest absolute Gasteiger partial charge is 0.457 e. The van der Waals surface area contributed by atoms with Crippen molar-refractivity contribution in [3.05, 3.63) is 58.2 Å². The van der Waals surface area contributed by atoms with Crippen molar-refractivity contribution >= 4 is 21.7 Å². The molecule has 1 aromatic heterocycles. The molecule has 0 atom stereocenters. The summed E-state index contributed by atoms with van der Waals surface area (Å²) in [4.78, 5) is 11.8. The van der Waals surface area contributed by atoms with E-state index >= 15 is 0 Å².